The second kappa shape index (κ2) is 7.46. The summed E-state index contributed by atoms with van der Waals surface area (Å²) in [5.41, 5.74) is 3.14. The molecule has 4 nitrogen and oxygen atoms in total. The number of nitrogens with one attached hydrogen (secondary N) is 2. The number of carbonyl (C=O) groups excluding carboxylic acids is 1. The minimum absolute atomic E-state index is 0.0416. The van der Waals surface area contributed by atoms with Gasteiger partial charge in [0.2, 0.25) is 5.91 Å². The van der Waals surface area contributed by atoms with Crippen LogP contribution in [0.1, 0.15) is 38.7 Å². The Kier molecular flexibility index (Phi) is 5.62. The Labute approximate surface area is 127 Å². The van der Waals surface area contributed by atoms with Gasteiger partial charge in [0.25, 0.3) is 0 Å². The highest BCUT2D eigenvalue weighted by Gasteiger charge is 2.17. The number of hydrogen-bond donors (Lipinski definition) is 2. The highest BCUT2D eigenvalue weighted by molar-refractivity contribution is 5.89. The van der Waals surface area contributed by atoms with E-state index in [1.54, 1.807) is 0 Å². The van der Waals surface area contributed by atoms with Gasteiger partial charge in [0.05, 0.1) is 0 Å². The maximum atomic E-state index is 11.2. The lowest BCUT2D eigenvalue weighted by atomic mass is 9.93. The third-order valence-corrected chi connectivity index (χ3v) is 3.99. The second-order valence-electron chi connectivity index (χ2n) is 6.05. The van der Waals surface area contributed by atoms with E-state index < -0.39 is 0 Å². The first-order valence-electron chi connectivity index (χ1n) is 7.77. The summed E-state index contributed by atoms with van der Waals surface area (Å²) in [5.74, 6) is 0.708. The molecule has 1 heterocycles. The molecule has 1 aromatic rings. The molecular weight excluding hydrogens is 264 g/mol. The molecule has 1 aliphatic rings. The molecule has 0 spiro atoms. The van der Waals surface area contributed by atoms with E-state index >= 15 is 0 Å². The first-order chi connectivity index (χ1) is 10.0. The molecule has 1 aromatic carbocycles. The highest BCUT2D eigenvalue weighted by Crippen LogP contribution is 2.25. The van der Waals surface area contributed by atoms with Gasteiger partial charge < -0.3 is 15.4 Å². The number of benzene rings is 1. The van der Waals surface area contributed by atoms with Gasteiger partial charge in [-0.2, -0.15) is 0 Å². The van der Waals surface area contributed by atoms with Crippen LogP contribution in [0.25, 0.3) is 0 Å². The summed E-state index contributed by atoms with van der Waals surface area (Å²) in [6.07, 6.45) is 3.49. The third-order valence-electron chi connectivity index (χ3n) is 3.99. The maximum Gasteiger partial charge on any atom is 0.221 e. The molecule has 0 aromatic heterocycles. The van der Waals surface area contributed by atoms with Crippen LogP contribution in [-0.4, -0.2) is 25.2 Å². The van der Waals surface area contributed by atoms with E-state index in [-0.39, 0.29) is 5.91 Å². The van der Waals surface area contributed by atoms with Gasteiger partial charge in [-0.25, -0.2) is 0 Å². The van der Waals surface area contributed by atoms with Crippen molar-refractivity contribution in [1.29, 1.82) is 0 Å². The minimum Gasteiger partial charge on any atom is -0.382 e. The van der Waals surface area contributed by atoms with Crippen LogP contribution in [0.5, 0.6) is 0 Å². The summed E-state index contributed by atoms with van der Waals surface area (Å²) in [4.78, 5) is 11.2. The van der Waals surface area contributed by atoms with Gasteiger partial charge in [-0.3, -0.25) is 4.79 Å². The van der Waals surface area contributed by atoms with Crippen LogP contribution in [0.4, 0.5) is 11.4 Å². The molecule has 1 saturated heterocycles. The number of rotatable bonds is 5. The summed E-state index contributed by atoms with van der Waals surface area (Å²) in [6.45, 7) is 7.63. The monoisotopic (exact) mass is 290 g/mol. The molecule has 0 unspecified atom stereocenters. The molecule has 0 radical (unpaired) electrons. The predicted molar refractivity (Wildman–Crippen MR) is 86.7 cm³/mol. The molecule has 1 aliphatic heterocycles. The number of aryl methyl sites for hydroxylation is 1. The fourth-order valence-corrected chi connectivity index (χ4v) is 2.87. The number of anilines is 2. The highest BCUT2D eigenvalue weighted by atomic mass is 16.5. The van der Waals surface area contributed by atoms with Gasteiger partial charge in [0.15, 0.2) is 0 Å². The summed E-state index contributed by atoms with van der Waals surface area (Å²) in [6, 6.07) is 6.40. The van der Waals surface area contributed by atoms with E-state index in [4.69, 9.17) is 4.74 Å². The Morgan fingerprint density at radius 2 is 2.10 bits per heavy atom. The largest absolute Gasteiger partial charge is 0.382 e. The Morgan fingerprint density at radius 3 is 2.76 bits per heavy atom. The zero-order chi connectivity index (χ0) is 15.2. The zero-order valence-electron chi connectivity index (χ0n) is 13.2. The number of hydrogen-bond acceptors (Lipinski definition) is 3. The molecule has 0 bridgehead atoms. The normalized spacial score (nSPS) is 17.3. The number of amides is 1. The average Bonchev–Trinajstić information content (AvgIpc) is 2.43. The molecular formula is C17H26N2O2. The second-order valence-corrected chi connectivity index (χ2v) is 6.05. The van der Waals surface area contributed by atoms with Crippen molar-refractivity contribution in [3.8, 4) is 0 Å². The Bertz CT molecular complexity index is 482. The molecule has 21 heavy (non-hydrogen) atoms. The van der Waals surface area contributed by atoms with Crippen LogP contribution < -0.4 is 10.6 Å². The SMILES string of the molecule is CC(=O)Nc1ccc(C)c(N[C@@H](C)CC2CCOCC2)c1. The van der Waals surface area contributed by atoms with E-state index in [9.17, 15) is 4.79 Å². The maximum absolute atomic E-state index is 11.2. The van der Waals surface area contributed by atoms with E-state index in [0.717, 1.165) is 49.8 Å². The minimum atomic E-state index is -0.0416. The topological polar surface area (TPSA) is 50.4 Å². The van der Waals surface area contributed by atoms with E-state index in [1.807, 2.05) is 18.2 Å². The Hall–Kier alpha value is -1.55. The predicted octanol–water partition coefficient (Wildman–Crippen LogP) is 3.57. The lowest BCUT2D eigenvalue weighted by molar-refractivity contribution is -0.114. The standard InChI is InChI=1S/C17H26N2O2/c1-12-4-5-16(19-14(3)20)11-17(12)18-13(2)10-15-6-8-21-9-7-15/h4-5,11,13,15,18H,6-10H2,1-3H3,(H,19,20)/t13-/m0/s1. The van der Waals surface area contributed by atoms with Crippen LogP contribution in [0.15, 0.2) is 18.2 Å². The van der Waals surface area contributed by atoms with Crippen molar-refractivity contribution >= 4 is 17.3 Å². The van der Waals surface area contributed by atoms with Gasteiger partial charge in [-0.1, -0.05) is 6.07 Å². The molecule has 0 saturated carbocycles. The van der Waals surface area contributed by atoms with Crippen molar-refractivity contribution < 1.29 is 9.53 Å². The molecule has 0 aliphatic carbocycles. The van der Waals surface area contributed by atoms with Crippen molar-refractivity contribution in [3.05, 3.63) is 23.8 Å². The van der Waals surface area contributed by atoms with Gasteiger partial charge >= 0.3 is 0 Å². The van der Waals surface area contributed by atoms with E-state index in [2.05, 4.69) is 24.5 Å². The fraction of sp³-hybridized carbons (Fsp3) is 0.588. The fourth-order valence-electron chi connectivity index (χ4n) is 2.87. The Balaban J connectivity index is 1.95. The van der Waals surface area contributed by atoms with Gasteiger partial charge in [0.1, 0.15) is 0 Å². The first kappa shape index (κ1) is 15.8. The van der Waals surface area contributed by atoms with Crippen LogP contribution in [0, 0.1) is 12.8 Å². The number of ether oxygens (including phenoxy) is 1. The van der Waals surface area contributed by atoms with Crippen molar-refractivity contribution in [3.63, 3.8) is 0 Å². The lowest BCUT2D eigenvalue weighted by Gasteiger charge is -2.26. The van der Waals surface area contributed by atoms with Crippen LogP contribution in [0.3, 0.4) is 0 Å². The molecule has 1 atom stereocenters. The molecule has 4 heteroatoms. The quantitative estimate of drug-likeness (QED) is 0.871. The van der Waals surface area contributed by atoms with Crippen molar-refractivity contribution in [2.24, 2.45) is 5.92 Å². The average molecular weight is 290 g/mol. The summed E-state index contributed by atoms with van der Waals surface area (Å²) >= 11 is 0. The number of carbonyl (C=O) groups is 1. The van der Waals surface area contributed by atoms with Crippen molar-refractivity contribution in [2.75, 3.05) is 23.8 Å². The van der Waals surface area contributed by atoms with Crippen LogP contribution in [0.2, 0.25) is 0 Å². The van der Waals surface area contributed by atoms with Crippen molar-refractivity contribution in [2.45, 2.75) is 46.1 Å². The lowest BCUT2D eigenvalue weighted by Crippen LogP contribution is -2.24. The van der Waals surface area contributed by atoms with Crippen molar-refractivity contribution in [1.82, 2.24) is 0 Å². The molecule has 1 fully saturated rings. The molecule has 2 N–H and O–H groups in total. The molecule has 1 amide bonds. The third kappa shape index (κ3) is 5.05. The molecule has 116 valence electrons. The van der Waals surface area contributed by atoms with Crippen LogP contribution in [-0.2, 0) is 9.53 Å². The summed E-state index contributed by atoms with van der Waals surface area (Å²) < 4.78 is 5.41. The van der Waals surface area contributed by atoms with Gasteiger partial charge in [-0.15, -0.1) is 0 Å². The Morgan fingerprint density at radius 1 is 1.38 bits per heavy atom. The van der Waals surface area contributed by atoms with Gasteiger partial charge in [0, 0.05) is 37.6 Å². The van der Waals surface area contributed by atoms with E-state index in [0.29, 0.717) is 6.04 Å². The van der Waals surface area contributed by atoms with E-state index in [1.165, 1.54) is 12.5 Å². The first-order valence-corrected chi connectivity index (χ1v) is 7.77. The smallest absolute Gasteiger partial charge is 0.221 e. The summed E-state index contributed by atoms with van der Waals surface area (Å²) in [5, 5.41) is 6.41. The van der Waals surface area contributed by atoms with Crippen LogP contribution >= 0.6 is 0 Å². The zero-order valence-corrected chi connectivity index (χ0v) is 13.2. The molecule has 2 rings (SSSR count). The summed E-state index contributed by atoms with van der Waals surface area (Å²) in [7, 11) is 0. The van der Waals surface area contributed by atoms with Gasteiger partial charge in [-0.05, 0) is 56.7 Å².